The number of nitrogens with zero attached hydrogens (tertiary/aromatic N) is 1. The first-order valence-corrected chi connectivity index (χ1v) is 7.83. The lowest BCUT2D eigenvalue weighted by Gasteiger charge is -2.21. The lowest BCUT2D eigenvalue weighted by atomic mass is 10.1. The standard InChI is InChI=1S/C17H30N2/c1-2-3-4-5-6-10-14-19(15-13-18)16-17-11-8-7-9-12-17/h7-9,11-12H,2-6,10,13-16,18H2,1H3. The van der Waals surface area contributed by atoms with Crippen LogP contribution in [0.5, 0.6) is 0 Å². The normalized spacial score (nSPS) is 11.1. The Bertz CT molecular complexity index is 297. The summed E-state index contributed by atoms with van der Waals surface area (Å²) in [6.45, 7) is 6.24. The molecule has 0 fully saturated rings. The zero-order valence-electron chi connectivity index (χ0n) is 12.5. The second kappa shape index (κ2) is 11.0. The molecule has 0 radical (unpaired) electrons. The van der Waals surface area contributed by atoms with Gasteiger partial charge < -0.3 is 5.73 Å². The Labute approximate surface area is 119 Å². The van der Waals surface area contributed by atoms with E-state index >= 15 is 0 Å². The highest BCUT2D eigenvalue weighted by atomic mass is 15.1. The molecule has 0 aliphatic rings. The van der Waals surface area contributed by atoms with Crippen LogP contribution < -0.4 is 5.73 Å². The van der Waals surface area contributed by atoms with E-state index in [9.17, 15) is 0 Å². The third kappa shape index (κ3) is 8.02. The average molecular weight is 262 g/mol. The molecule has 0 aliphatic carbocycles. The maximum Gasteiger partial charge on any atom is 0.0234 e. The minimum Gasteiger partial charge on any atom is -0.329 e. The van der Waals surface area contributed by atoms with Gasteiger partial charge in [-0.2, -0.15) is 0 Å². The van der Waals surface area contributed by atoms with Crippen LogP contribution in [0.1, 0.15) is 51.0 Å². The van der Waals surface area contributed by atoms with Gasteiger partial charge in [-0.05, 0) is 18.5 Å². The molecule has 1 aromatic rings. The van der Waals surface area contributed by atoms with Crippen LogP contribution in [-0.4, -0.2) is 24.5 Å². The first kappa shape index (κ1) is 16.2. The van der Waals surface area contributed by atoms with Crippen molar-refractivity contribution in [3.05, 3.63) is 35.9 Å². The van der Waals surface area contributed by atoms with Crippen molar-refractivity contribution >= 4 is 0 Å². The van der Waals surface area contributed by atoms with Crippen LogP contribution in [0.15, 0.2) is 30.3 Å². The summed E-state index contributed by atoms with van der Waals surface area (Å²) in [4.78, 5) is 2.48. The van der Waals surface area contributed by atoms with Gasteiger partial charge in [0, 0.05) is 19.6 Å². The fourth-order valence-electron chi connectivity index (χ4n) is 2.41. The Hall–Kier alpha value is -0.860. The zero-order chi connectivity index (χ0) is 13.8. The molecule has 0 spiro atoms. The van der Waals surface area contributed by atoms with Gasteiger partial charge in [0.05, 0.1) is 0 Å². The van der Waals surface area contributed by atoms with E-state index in [-0.39, 0.29) is 0 Å². The van der Waals surface area contributed by atoms with E-state index in [1.54, 1.807) is 0 Å². The van der Waals surface area contributed by atoms with Crippen LogP contribution in [-0.2, 0) is 6.54 Å². The second-order valence-corrected chi connectivity index (χ2v) is 5.32. The first-order valence-electron chi connectivity index (χ1n) is 7.83. The molecule has 108 valence electrons. The molecule has 2 nitrogen and oxygen atoms in total. The van der Waals surface area contributed by atoms with Crippen molar-refractivity contribution in [3.8, 4) is 0 Å². The SMILES string of the molecule is CCCCCCCCN(CCN)Cc1ccccc1. The minimum absolute atomic E-state index is 0.753. The topological polar surface area (TPSA) is 29.3 Å². The third-order valence-electron chi connectivity index (χ3n) is 3.52. The molecular weight excluding hydrogens is 232 g/mol. The summed E-state index contributed by atoms with van der Waals surface area (Å²) in [7, 11) is 0. The van der Waals surface area contributed by atoms with E-state index in [2.05, 4.69) is 42.2 Å². The molecule has 0 saturated heterocycles. The van der Waals surface area contributed by atoms with E-state index in [1.165, 1.54) is 50.6 Å². The minimum atomic E-state index is 0.753. The summed E-state index contributed by atoms with van der Waals surface area (Å²) in [5.74, 6) is 0. The summed E-state index contributed by atoms with van der Waals surface area (Å²) in [6, 6.07) is 10.7. The summed E-state index contributed by atoms with van der Waals surface area (Å²) >= 11 is 0. The van der Waals surface area contributed by atoms with Gasteiger partial charge in [0.2, 0.25) is 0 Å². The molecule has 0 heterocycles. The van der Waals surface area contributed by atoms with Crippen molar-refractivity contribution in [1.29, 1.82) is 0 Å². The molecule has 1 aromatic carbocycles. The molecule has 0 aliphatic heterocycles. The highest BCUT2D eigenvalue weighted by molar-refractivity contribution is 5.14. The molecule has 0 saturated carbocycles. The molecule has 0 atom stereocenters. The molecule has 1 rings (SSSR count). The molecule has 0 bridgehead atoms. The third-order valence-corrected chi connectivity index (χ3v) is 3.52. The predicted octanol–water partition coefficient (Wildman–Crippen LogP) is 3.81. The van der Waals surface area contributed by atoms with Crippen LogP contribution in [0.25, 0.3) is 0 Å². The number of hydrogen-bond acceptors (Lipinski definition) is 2. The van der Waals surface area contributed by atoms with E-state index in [1.807, 2.05) is 0 Å². The van der Waals surface area contributed by atoms with Gasteiger partial charge in [-0.3, -0.25) is 4.90 Å². The van der Waals surface area contributed by atoms with Gasteiger partial charge >= 0.3 is 0 Å². The summed E-state index contributed by atoms with van der Waals surface area (Å²) in [5, 5.41) is 0. The largest absolute Gasteiger partial charge is 0.329 e. The Morgan fingerprint density at radius 1 is 0.895 bits per heavy atom. The Kier molecular flexibility index (Phi) is 9.38. The van der Waals surface area contributed by atoms with Gasteiger partial charge in [0.25, 0.3) is 0 Å². The average Bonchev–Trinajstić information content (AvgIpc) is 2.44. The van der Waals surface area contributed by atoms with Crippen molar-refractivity contribution in [2.24, 2.45) is 5.73 Å². The maximum atomic E-state index is 5.71. The quantitative estimate of drug-likeness (QED) is 0.614. The predicted molar refractivity (Wildman–Crippen MR) is 84.1 cm³/mol. The summed E-state index contributed by atoms with van der Waals surface area (Å²) < 4.78 is 0. The molecule has 0 unspecified atom stereocenters. The van der Waals surface area contributed by atoms with E-state index in [0.717, 1.165) is 19.6 Å². The zero-order valence-corrected chi connectivity index (χ0v) is 12.5. The van der Waals surface area contributed by atoms with Crippen LogP contribution in [0.3, 0.4) is 0 Å². The van der Waals surface area contributed by atoms with E-state index in [0.29, 0.717) is 0 Å². The molecule has 19 heavy (non-hydrogen) atoms. The molecule has 2 N–H and O–H groups in total. The number of nitrogens with two attached hydrogens (primary N) is 1. The molecule has 0 amide bonds. The Morgan fingerprint density at radius 3 is 2.26 bits per heavy atom. The Balaban J connectivity index is 2.21. The van der Waals surface area contributed by atoms with Crippen molar-refractivity contribution < 1.29 is 0 Å². The van der Waals surface area contributed by atoms with Crippen LogP contribution in [0.4, 0.5) is 0 Å². The van der Waals surface area contributed by atoms with Gasteiger partial charge in [0.15, 0.2) is 0 Å². The van der Waals surface area contributed by atoms with Gasteiger partial charge in [0.1, 0.15) is 0 Å². The fraction of sp³-hybridized carbons (Fsp3) is 0.647. The lowest BCUT2D eigenvalue weighted by molar-refractivity contribution is 0.266. The fourth-order valence-corrected chi connectivity index (χ4v) is 2.41. The lowest BCUT2D eigenvalue weighted by Crippen LogP contribution is -2.30. The monoisotopic (exact) mass is 262 g/mol. The van der Waals surface area contributed by atoms with E-state index in [4.69, 9.17) is 5.73 Å². The first-order chi connectivity index (χ1) is 9.36. The van der Waals surface area contributed by atoms with Gasteiger partial charge in [-0.15, -0.1) is 0 Å². The number of rotatable bonds is 11. The summed E-state index contributed by atoms with van der Waals surface area (Å²) in [5.41, 5.74) is 7.10. The van der Waals surface area contributed by atoms with Crippen molar-refractivity contribution in [3.63, 3.8) is 0 Å². The molecule has 0 aromatic heterocycles. The molecule has 2 heteroatoms. The van der Waals surface area contributed by atoms with Crippen molar-refractivity contribution in [1.82, 2.24) is 4.90 Å². The highest BCUT2D eigenvalue weighted by Crippen LogP contribution is 2.08. The smallest absolute Gasteiger partial charge is 0.0234 e. The maximum absolute atomic E-state index is 5.71. The number of benzene rings is 1. The Morgan fingerprint density at radius 2 is 1.58 bits per heavy atom. The molecular formula is C17H30N2. The van der Waals surface area contributed by atoms with Gasteiger partial charge in [-0.25, -0.2) is 0 Å². The van der Waals surface area contributed by atoms with Crippen LogP contribution in [0, 0.1) is 0 Å². The van der Waals surface area contributed by atoms with Gasteiger partial charge in [-0.1, -0.05) is 69.4 Å². The van der Waals surface area contributed by atoms with Crippen molar-refractivity contribution in [2.75, 3.05) is 19.6 Å². The van der Waals surface area contributed by atoms with Crippen LogP contribution >= 0.6 is 0 Å². The van der Waals surface area contributed by atoms with Crippen molar-refractivity contribution in [2.45, 2.75) is 52.0 Å². The van der Waals surface area contributed by atoms with E-state index < -0.39 is 0 Å². The second-order valence-electron chi connectivity index (χ2n) is 5.32. The highest BCUT2D eigenvalue weighted by Gasteiger charge is 2.04. The number of unbranched alkanes of at least 4 members (excludes halogenated alkanes) is 5. The number of hydrogen-bond donors (Lipinski definition) is 1. The summed E-state index contributed by atoms with van der Waals surface area (Å²) in [6.07, 6.45) is 8.15. The van der Waals surface area contributed by atoms with Crippen LogP contribution in [0.2, 0.25) is 0 Å².